The van der Waals surface area contributed by atoms with E-state index in [0.717, 1.165) is 21.8 Å². The molecule has 0 spiro atoms. The topological polar surface area (TPSA) is 37.8 Å². The lowest BCUT2D eigenvalue weighted by atomic mass is 10.1. The smallest absolute Gasteiger partial charge is 0.157 e. The van der Waals surface area contributed by atoms with E-state index in [-0.39, 0.29) is 6.04 Å². The normalized spacial score (nSPS) is 12.4. The fourth-order valence-electron chi connectivity index (χ4n) is 2.59. The number of fused-ring (bicyclic) bond motifs is 1. The van der Waals surface area contributed by atoms with Crippen LogP contribution in [-0.2, 0) is 0 Å². The van der Waals surface area contributed by atoms with Crippen LogP contribution in [0.1, 0.15) is 18.5 Å². The van der Waals surface area contributed by atoms with Crippen LogP contribution in [0.25, 0.3) is 20.7 Å². The number of thiophene rings is 2. The maximum atomic E-state index is 4.48. The zero-order valence-corrected chi connectivity index (χ0v) is 14.2. The number of aromatic nitrogens is 2. The zero-order valence-electron chi connectivity index (χ0n) is 12.6. The number of benzene rings is 1. The first-order valence-electron chi connectivity index (χ1n) is 7.42. The molecule has 0 aliphatic carbocycles. The van der Waals surface area contributed by atoms with Gasteiger partial charge in [0.2, 0.25) is 0 Å². The van der Waals surface area contributed by atoms with E-state index in [2.05, 4.69) is 69.6 Å². The Balaban J connectivity index is 1.72. The Hall–Kier alpha value is -2.24. The van der Waals surface area contributed by atoms with Crippen molar-refractivity contribution in [2.24, 2.45) is 0 Å². The van der Waals surface area contributed by atoms with Gasteiger partial charge in [0.25, 0.3) is 0 Å². The summed E-state index contributed by atoms with van der Waals surface area (Å²) in [4.78, 5) is 1.16. The van der Waals surface area contributed by atoms with Gasteiger partial charge in [-0.05, 0) is 35.4 Å². The molecule has 1 atom stereocenters. The van der Waals surface area contributed by atoms with Crippen LogP contribution in [-0.4, -0.2) is 10.2 Å². The zero-order chi connectivity index (χ0) is 15.6. The Labute approximate surface area is 142 Å². The number of hydrogen-bond acceptors (Lipinski definition) is 5. The molecule has 3 heterocycles. The summed E-state index contributed by atoms with van der Waals surface area (Å²) < 4.78 is 1.19. The predicted molar refractivity (Wildman–Crippen MR) is 99.2 cm³/mol. The maximum Gasteiger partial charge on any atom is 0.157 e. The van der Waals surface area contributed by atoms with Gasteiger partial charge >= 0.3 is 0 Å². The van der Waals surface area contributed by atoms with Crippen molar-refractivity contribution in [1.29, 1.82) is 0 Å². The fraction of sp³-hybridized carbons (Fsp3) is 0.111. The second-order valence-electron chi connectivity index (χ2n) is 5.31. The summed E-state index contributed by atoms with van der Waals surface area (Å²) in [6.45, 7) is 2.14. The maximum absolute atomic E-state index is 4.48. The molecular formula is C18H15N3S2. The summed E-state index contributed by atoms with van der Waals surface area (Å²) in [5.74, 6) is 0.845. The third-order valence-electron chi connectivity index (χ3n) is 3.79. The van der Waals surface area contributed by atoms with Gasteiger partial charge in [0.05, 0.1) is 15.6 Å². The van der Waals surface area contributed by atoms with E-state index in [1.54, 1.807) is 22.7 Å². The third kappa shape index (κ3) is 2.73. The average molecular weight is 337 g/mol. The lowest BCUT2D eigenvalue weighted by molar-refractivity contribution is 0.866. The van der Waals surface area contributed by atoms with Gasteiger partial charge in [0.1, 0.15) is 5.69 Å². The highest BCUT2D eigenvalue weighted by Gasteiger charge is 2.15. The molecule has 4 rings (SSSR count). The summed E-state index contributed by atoms with van der Waals surface area (Å²) in [6.07, 6.45) is 0. The van der Waals surface area contributed by atoms with Crippen molar-refractivity contribution >= 4 is 38.6 Å². The summed E-state index contributed by atoms with van der Waals surface area (Å²) in [5.41, 5.74) is 2.21. The van der Waals surface area contributed by atoms with Crippen molar-refractivity contribution in [2.75, 3.05) is 5.32 Å². The van der Waals surface area contributed by atoms with E-state index in [4.69, 9.17) is 0 Å². The van der Waals surface area contributed by atoms with Crippen LogP contribution in [0.5, 0.6) is 0 Å². The Bertz CT molecular complexity index is 914. The summed E-state index contributed by atoms with van der Waals surface area (Å²) in [7, 11) is 0. The average Bonchev–Trinajstić information content (AvgIpc) is 3.28. The monoisotopic (exact) mass is 337 g/mol. The molecule has 4 aromatic rings. The van der Waals surface area contributed by atoms with Crippen molar-refractivity contribution in [1.82, 2.24) is 10.2 Å². The molecule has 1 unspecified atom stereocenters. The van der Waals surface area contributed by atoms with Gasteiger partial charge in [-0.25, -0.2) is 0 Å². The van der Waals surface area contributed by atoms with E-state index < -0.39 is 0 Å². The van der Waals surface area contributed by atoms with Crippen LogP contribution < -0.4 is 5.32 Å². The largest absolute Gasteiger partial charge is 0.362 e. The Morgan fingerprint density at radius 1 is 0.913 bits per heavy atom. The third-order valence-corrected chi connectivity index (χ3v) is 5.59. The van der Waals surface area contributed by atoms with Crippen LogP contribution in [0.4, 0.5) is 5.82 Å². The Morgan fingerprint density at radius 3 is 2.57 bits per heavy atom. The van der Waals surface area contributed by atoms with E-state index >= 15 is 0 Å². The SMILES string of the molecule is CC(Nc1nnc(-c2cccs2)c2sccc12)c1ccccc1. The molecular weight excluding hydrogens is 322 g/mol. The molecule has 1 aromatic carbocycles. The highest BCUT2D eigenvalue weighted by Crippen LogP contribution is 2.36. The van der Waals surface area contributed by atoms with Crippen LogP contribution >= 0.6 is 22.7 Å². The van der Waals surface area contributed by atoms with Gasteiger partial charge in [0.15, 0.2) is 5.82 Å². The molecule has 0 fully saturated rings. The van der Waals surface area contributed by atoms with Crippen LogP contribution in [0.15, 0.2) is 59.3 Å². The quantitative estimate of drug-likeness (QED) is 0.527. The first kappa shape index (κ1) is 14.4. The summed E-state index contributed by atoms with van der Waals surface area (Å²) in [6, 6.07) is 16.8. The fourth-order valence-corrected chi connectivity index (χ4v) is 4.26. The standard InChI is InChI=1S/C18H15N3S2/c1-12(13-6-3-2-4-7-13)19-18-14-9-11-23-17(14)16(20-21-18)15-8-5-10-22-15/h2-12H,1H3,(H,19,21). The molecule has 0 aliphatic rings. The molecule has 114 valence electrons. The molecule has 0 saturated heterocycles. The van der Waals surface area contributed by atoms with Gasteiger partial charge in [-0.2, -0.15) is 0 Å². The lowest BCUT2D eigenvalue weighted by Crippen LogP contribution is -2.08. The van der Waals surface area contributed by atoms with Crippen LogP contribution in [0.3, 0.4) is 0 Å². The Kier molecular flexibility index (Phi) is 3.81. The highest BCUT2D eigenvalue weighted by molar-refractivity contribution is 7.19. The molecule has 0 saturated carbocycles. The van der Waals surface area contributed by atoms with E-state index in [1.165, 1.54) is 10.3 Å². The lowest BCUT2D eigenvalue weighted by Gasteiger charge is -2.15. The van der Waals surface area contributed by atoms with Crippen molar-refractivity contribution < 1.29 is 0 Å². The molecule has 0 aliphatic heterocycles. The number of hydrogen-bond donors (Lipinski definition) is 1. The molecule has 5 heteroatoms. The van der Waals surface area contributed by atoms with E-state index in [1.807, 2.05) is 12.1 Å². The Morgan fingerprint density at radius 2 is 1.78 bits per heavy atom. The highest BCUT2D eigenvalue weighted by atomic mass is 32.1. The number of rotatable bonds is 4. The second kappa shape index (κ2) is 6.10. The minimum absolute atomic E-state index is 0.182. The van der Waals surface area contributed by atoms with Gasteiger partial charge < -0.3 is 5.32 Å². The van der Waals surface area contributed by atoms with Gasteiger partial charge in [-0.1, -0.05) is 36.4 Å². The molecule has 1 N–H and O–H groups in total. The number of anilines is 1. The minimum Gasteiger partial charge on any atom is -0.362 e. The van der Waals surface area contributed by atoms with Gasteiger partial charge in [-0.3, -0.25) is 0 Å². The van der Waals surface area contributed by atoms with Crippen molar-refractivity contribution in [3.05, 3.63) is 64.9 Å². The van der Waals surface area contributed by atoms with E-state index in [0.29, 0.717) is 0 Å². The number of nitrogens with one attached hydrogen (secondary N) is 1. The van der Waals surface area contributed by atoms with Crippen LogP contribution in [0.2, 0.25) is 0 Å². The molecule has 0 radical (unpaired) electrons. The van der Waals surface area contributed by atoms with Crippen molar-refractivity contribution in [3.63, 3.8) is 0 Å². The second-order valence-corrected chi connectivity index (χ2v) is 7.18. The van der Waals surface area contributed by atoms with Crippen LogP contribution in [0, 0.1) is 0 Å². The minimum atomic E-state index is 0.182. The first-order valence-corrected chi connectivity index (χ1v) is 9.18. The van der Waals surface area contributed by atoms with E-state index in [9.17, 15) is 0 Å². The number of nitrogens with zero attached hydrogens (tertiary/aromatic N) is 2. The summed E-state index contributed by atoms with van der Waals surface area (Å²) >= 11 is 3.41. The molecule has 0 amide bonds. The molecule has 3 nitrogen and oxygen atoms in total. The first-order chi connectivity index (χ1) is 11.3. The molecule has 3 aromatic heterocycles. The summed E-state index contributed by atoms with van der Waals surface area (Å²) in [5, 5.41) is 17.7. The van der Waals surface area contributed by atoms with Gasteiger partial charge in [-0.15, -0.1) is 32.9 Å². The van der Waals surface area contributed by atoms with Crippen molar-refractivity contribution in [2.45, 2.75) is 13.0 Å². The molecule has 0 bridgehead atoms. The predicted octanol–water partition coefficient (Wildman–Crippen LogP) is 5.59. The molecule has 23 heavy (non-hydrogen) atoms. The van der Waals surface area contributed by atoms with Crippen molar-refractivity contribution in [3.8, 4) is 10.6 Å². The van der Waals surface area contributed by atoms with Gasteiger partial charge in [0, 0.05) is 5.39 Å².